The van der Waals surface area contributed by atoms with E-state index in [1.807, 2.05) is 6.08 Å². The summed E-state index contributed by atoms with van der Waals surface area (Å²) in [5.74, 6) is -0.923. The number of phosphoric acid groups is 1. The zero-order chi connectivity index (χ0) is 38.9. The van der Waals surface area contributed by atoms with Crippen molar-refractivity contribution >= 4 is 19.8 Å². The lowest BCUT2D eigenvalue weighted by molar-refractivity contribution is -0.161. The summed E-state index contributed by atoms with van der Waals surface area (Å²) in [7, 11) is -4.40. The second kappa shape index (κ2) is 38.9. The Labute approximate surface area is 322 Å². The van der Waals surface area contributed by atoms with Crippen LogP contribution in [0.25, 0.3) is 0 Å². The number of rotatable bonds is 36. The first-order valence-electron chi connectivity index (χ1n) is 20.1. The molecule has 0 aromatic heterocycles. The highest BCUT2D eigenvalue weighted by molar-refractivity contribution is 7.47. The summed E-state index contributed by atoms with van der Waals surface area (Å²) in [5.41, 5.74) is 5.33. The molecule has 1 unspecified atom stereocenters. The molecule has 0 aromatic carbocycles. The van der Waals surface area contributed by atoms with Crippen molar-refractivity contribution in [2.75, 3.05) is 26.4 Å². The van der Waals surface area contributed by atoms with E-state index in [9.17, 15) is 19.0 Å². The molecule has 53 heavy (non-hydrogen) atoms. The van der Waals surface area contributed by atoms with Crippen molar-refractivity contribution in [2.24, 2.45) is 5.73 Å². The molecule has 0 bridgehead atoms. The van der Waals surface area contributed by atoms with Gasteiger partial charge in [0.05, 0.1) is 13.2 Å². The average Bonchev–Trinajstić information content (AvgIpc) is 3.14. The summed E-state index contributed by atoms with van der Waals surface area (Å²) >= 11 is 0. The Balaban J connectivity index is 4.34. The van der Waals surface area contributed by atoms with Crippen LogP contribution < -0.4 is 5.73 Å². The third-order valence-corrected chi connectivity index (χ3v) is 8.75. The van der Waals surface area contributed by atoms with Crippen molar-refractivity contribution in [1.29, 1.82) is 0 Å². The first kappa shape index (κ1) is 50.2. The second-order valence-electron chi connectivity index (χ2n) is 12.8. The van der Waals surface area contributed by atoms with Gasteiger partial charge in [-0.25, -0.2) is 4.57 Å². The standard InChI is InChI=1S/C43H72NO8P/c1-3-5-7-9-11-13-15-17-19-20-22-23-25-27-29-31-33-35-42(45)49-39-41(40-51-53(47,48)50-38-37-44)52-43(46)36-34-32-30-28-26-24-21-18-16-14-12-10-8-6-4-2/h5,7,11-14,17-19,21-23,27,29,41H,3-4,6,8-10,15-16,20,24-26,28,30-40,44H2,1-2H3,(H,47,48)/b7-5-,13-11-,14-12-,19-17-,21-18-,23-22-,29-27-/t41-/m1/s1. The third-order valence-electron chi connectivity index (χ3n) is 7.77. The number of ether oxygens (including phenoxy) is 2. The quantitative estimate of drug-likeness (QED) is 0.0277. The van der Waals surface area contributed by atoms with Crippen molar-refractivity contribution in [1.82, 2.24) is 0 Å². The summed E-state index contributed by atoms with van der Waals surface area (Å²) in [6, 6.07) is 0. The van der Waals surface area contributed by atoms with Gasteiger partial charge in [0.15, 0.2) is 6.10 Å². The number of carbonyl (C=O) groups excluding carboxylic acids is 2. The van der Waals surface area contributed by atoms with Gasteiger partial charge in [-0.3, -0.25) is 18.6 Å². The van der Waals surface area contributed by atoms with Gasteiger partial charge in [0.1, 0.15) is 6.61 Å². The largest absolute Gasteiger partial charge is 0.472 e. The molecule has 0 fully saturated rings. The Bertz CT molecular complexity index is 1140. The number of hydrogen-bond donors (Lipinski definition) is 2. The zero-order valence-corrected chi connectivity index (χ0v) is 33.9. The van der Waals surface area contributed by atoms with Crippen molar-refractivity contribution in [3.05, 3.63) is 85.1 Å². The van der Waals surface area contributed by atoms with Crippen molar-refractivity contribution in [3.8, 4) is 0 Å². The molecule has 0 heterocycles. The lowest BCUT2D eigenvalue weighted by Crippen LogP contribution is -2.29. The predicted octanol–water partition coefficient (Wildman–Crippen LogP) is 11.3. The fourth-order valence-corrected chi connectivity index (χ4v) is 5.58. The normalized spacial score (nSPS) is 14.3. The SMILES string of the molecule is CC/C=C\C/C=C\C/C=C\C/C=C\C/C=C\CCCC(=O)OC[C@H](COP(=O)(O)OCCN)OC(=O)CCCCCCC/C=C\C/C=C\CCCCC. The highest BCUT2D eigenvalue weighted by Crippen LogP contribution is 2.43. The molecule has 302 valence electrons. The molecule has 0 saturated carbocycles. The molecule has 0 aliphatic carbocycles. The van der Waals surface area contributed by atoms with E-state index in [-0.39, 0.29) is 32.6 Å². The van der Waals surface area contributed by atoms with Gasteiger partial charge in [-0.2, -0.15) is 0 Å². The Hall–Kier alpha value is -2.81. The zero-order valence-electron chi connectivity index (χ0n) is 33.0. The topological polar surface area (TPSA) is 134 Å². The summed E-state index contributed by atoms with van der Waals surface area (Å²) in [6.07, 6.45) is 47.6. The van der Waals surface area contributed by atoms with Crippen LogP contribution >= 0.6 is 7.82 Å². The number of hydrogen-bond acceptors (Lipinski definition) is 8. The second-order valence-corrected chi connectivity index (χ2v) is 14.2. The van der Waals surface area contributed by atoms with Crippen LogP contribution in [0.4, 0.5) is 0 Å². The monoisotopic (exact) mass is 761 g/mol. The Morgan fingerprint density at radius 3 is 1.60 bits per heavy atom. The maximum atomic E-state index is 12.5. The highest BCUT2D eigenvalue weighted by Gasteiger charge is 2.25. The fourth-order valence-electron chi connectivity index (χ4n) is 4.82. The number of esters is 2. The van der Waals surface area contributed by atoms with Crippen LogP contribution in [0.3, 0.4) is 0 Å². The van der Waals surface area contributed by atoms with E-state index >= 15 is 0 Å². The van der Waals surface area contributed by atoms with E-state index in [4.69, 9.17) is 24.3 Å². The maximum Gasteiger partial charge on any atom is 0.472 e. The summed E-state index contributed by atoms with van der Waals surface area (Å²) in [6.45, 7) is 3.48. The van der Waals surface area contributed by atoms with Gasteiger partial charge in [0.2, 0.25) is 0 Å². The maximum absolute atomic E-state index is 12.5. The number of carbonyl (C=O) groups is 2. The Morgan fingerprint density at radius 1 is 0.585 bits per heavy atom. The van der Waals surface area contributed by atoms with E-state index in [0.717, 1.165) is 77.0 Å². The first-order chi connectivity index (χ1) is 25.8. The minimum atomic E-state index is -4.40. The van der Waals surface area contributed by atoms with Gasteiger partial charge in [0, 0.05) is 19.4 Å². The average molecular weight is 762 g/mol. The minimum Gasteiger partial charge on any atom is -0.462 e. The van der Waals surface area contributed by atoms with E-state index in [1.54, 1.807) is 0 Å². The van der Waals surface area contributed by atoms with E-state index in [0.29, 0.717) is 12.8 Å². The summed E-state index contributed by atoms with van der Waals surface area (Å²) in [5, 5.41) is 0. The molecule has 0 saturated heterocycles. The number of allylic oxidation sites excluding steroid dienone is 14. The molecule has 9 nitrogen and oxygen atoms in total. The van der Waals surface area contributed by atoms with Gasteiger partial charge >= 0.3 is 19.8 Å². The van der Waals surface area contributed by atoms with Crippen LogP contribution in [-0.4, -0.2) is 49.3 Å². The molecule has 0 amide bonds. The Kier molecular flexibility index (Phi) is 36.8. The van der Waals surface area contributed by atoms with Crippen LogP contribution in [0.5, 0.6) is 0 Å². The van der Waals surface area contributed by atoms with Crippen LogP contribution in [0.2, 0.25) is 0 Å². The summed E-state index contributed by atoms with van der Waals surface area (Å²) in [4.78, 5) is 34.8. The number of nitrogens with two attached hydrogens (primary N) is 1. The third kappa shape index (κ3) is 38.7. The molecule has 2 atom stereocenters. The van der Waals surface area contributed by atoms with E-state index in [1.165, 1.54) is 25.7 Å². The molecule has 10 heteroatoms. The van der Waals surface area contributed by atoms with Gasteiger partial charge < -0.3 is 20.1 Å². The predicted molar refractivity (Wildman–Crippen MR) is 219 cm³/mol. The minimum absolute atomic E-state index is 0.0388. The van der Waals surface area contributed by atoms with Crippen LogP contribution in [0, 0.1) is 0 Å². The van der Waals surface area contributed by atoms with Crippen molar-refractivity contribution in [2.45, 2.75) is 148 Å². The van der Waals surface area contributed by atoms with Crippen molar-refractivity contribution in [3.63, 3.8) is 0 Å². The molecular weight excluding hydrogens is 689 g/mol. The molecule has 0 radical (unpaired) electrons. The Morgan fingerprint density at radius 2 is 1.06 bits per heavy atom. The molecule has 0 rings (SSSR count). The number of phosphoric ester groups is 1. The van der Waals surface area contributed by atoms with Crippen molar-refractivity contribution < 1.29 is 37.6 Å². The van der Waals surface area contributed by atoms with Gasteiger partial charge in [0.25, 0.3) is 0 Å². The molecule has 0 aromatic rings. The smallest absolute Gasteiger partial charge is 0.462 e. The molecule has 0 spiro atoms. The molecule has 3 N–H and O–H groups in total. The van der Waals surface area contributed by atoms with Crippen LogP contribution in [0.15, 0.2) is 85.1 Å². The van der Waals surface area contributed by atoms with Gasteiger partial charge in [-0.1, -0.05) is 131 Å². The van der Waals surface area contributed by atoms with Gasteiger partial charge in [-0.05, 0) is 83.5 Å². The van der Waals surface area contributed by atoms with E-state index < -0.39 is 32.5 Å². The summed E-state index contributed by atoms with van der Waals surface area (Å²) < 4.78 is 32.6. The first-order valence-corrected chi connectivity index (χ1v) is 21.6. The fraction of sp³-hybridized carbons (Fsp3) is 0.628. The molecule has 0 aliphatic rings. The van der Waals surface area contributed by atoms with E-state index in [2.05, 4.69) is 92.8 Å². The lowest BCUT2D eigenvalue weighted by Gasteiger charge is -2.19. The van der Waals surface area contributed by atoms with Crippen LogP contribution in [0.1, 0.15) is 142 Å². The lowest BCUT2D eigenvalue weighted by atomic mass is 10.1. The van der Waals surface area contributed by atoms with Crippen LogP contribution in [-0.2, 0) is 32.7 Å². The molecular formula is C43H72NO8P. The number of unbranched alkanes of at least 4 members (excludes halogenated alkanes) is 9. The highest BCUT2D eigenvalue weighted by atomic mass is 31.2. The van der Waals surface area contributed by atoms with Gasteiger partial charge in [-0.15, -0.1) is 0 Å². The molecule has 0 aliphatic heterocycles.